The van der Waals surface area contributed by atoms with E-state index in [0.717, 1.165) is 19.4 Å². The van der Waals surface area contributed by atoms with Gasteiger partial charge in [-0.15, -0.1) is 6.58 Å². The van der Waals surface area contributed by atoms with E-state index in [1.54, 1.807) is 0 Å². The van der Waals surface area contributed by atoms with E-state index in [9.17, 15) is 4.79 Å². The molecule has 2 heteroatoms. The van der Waals surface area contributed by atoms with Crippen molar-refractivity contribution in [2.45, 2.75) is 77.6 Å². The summed E-state index contributed by atoms with van der Waals surface area (Å²) in [5.41, 5.74) is 0. The minimum Gasteiger partial charge on any atom is -0.356 e. The number of nitrogens with one attached hydrogen (secondary N) is 1. The van der Waals surface area contributed by atoms with Gasteiger partial charge in [-0.2, -0.15) is 0 Å². The van der Waals surface area contributed by atoms with Crippen molar-refractivity contribution >= 4 is 5.91 Å². The molecule has 0 aliphatic rings. The quantitative estimate of drug-likeness (QED) is 0.377. The molecule has 0 unspecified atom stereocenters. The van der Waals surface area contributed by atoms with Crippen LogP contribution in [-0.2, 0) is 4.79 Å². The van der Waals surface area contributed by atoms with Crippen molar-refractivity contribution in [2.24, 2.45) is 0 Å². The molecule has 106 valence electrons. The van der Waals surface area contributed by atoms with Crippen molar-refractivity contribution in [1.29, 1.82) is 0 Å². The van der Waals surface area contributed by atoms with E-state index in [2.05, 4.69) is 18.8 Å². The summed E-state index contributed by atoms with van der Waals surface area (Å²) in [5.74, 6) is 0.194. The van der Waals surface area contributed by atoms with Crippen LogP contribution in [0.1, 0.15) is 77.6 Å². The summed E-state index contributed by atoms with van der Waals surface area (Å²) in [7, 11) is 0. The second-order valence-electron chi connectivity index (χ2n) is 5.01. The van der Waals surface area contributed by atoms with Crippen molar-refractivity contribution in [3.63, 3.8) is 0 Å². The SMILES string of the molecule is C=CCCNC(=O)CCCCCCCCCCC. The molecular weight excluding hydrogens is 222 g/mol. The monoisotopic (exact) mass is 253 g/mol. The summed E-state index contributed by atoms with van der Waals surface area (Å²) < 4.78 is 0. The fraction of sp³-hybridized carbons (Fsp3) is 0.812. The van der Waals surface area contributed by atoms with Gasteiger partial charge in [0, 0.05) is 13.0 Å². The molecule has 0 spiro atoms. The number of hydrogen-bond donors (Lipinski definition) is 1. The molecule has 1 N–H and O–H groups in total. The molecule has 0 radical (unpaired) electrons. The van der Waals surface area contributed by atoms with Gasteiger partial charge in [-0.1, -0.05) is 64.4 Å². The topological polar surface area (TPSA) is 29.1 Å². The van der Waals surface area contributed by atoms with Crippen LogP contribution in [0.15, 0.2) is 12.7 Å². The molecule has 0 saturated heterocycles. The van der Waals surface area contributed by atoms with Crippen molar-refractivity contribution in [1.82, 2.24) is 5.32 Å². The Kier molecular flexibility index (Phi) is 13.6. The lowest BCUT2D eigenvalue weighted by atomic mass is 10.1. The largest absolute Gasteiger partial charge is 0.356 e. The molecule has 0 aromatic rings. The van der Waals surface area contributed by atoms with Gasteiger partial charge < -0.3 is 5.32 Å². The Bertz CT molecular complexity index is 201. The molecule has 2 nitrogen and oxygen atoms in total. The predicted molar refractivity (Wildman–Crippen MR) is 79.7 cm³/mol. The van der Waals surface area contributed by atoms with Crippen molar-refractivity contribution in [3.8, 4) is 0 Å². The fourth-order valence-electron chi connectivity index (χ4n) is 2.00. The third-order valence-corrected chi connectivity index (χ3v) is 3.18. The molecule has 0 bridgehead atoms. The smallest absolute Gasteiger partial charge is 0.220 e. The van der Waals surface area contributed by atoms with Crippen LogP contribution in [0.3, 0.4) is 0 Å². The zero-order valence-corrected chi connectivity index (χ0v) is 12.2. The van der Waals surface area contributed by atoms with E-state index >= 15 is 0 Å². The number of rotatable bonds is 13. The van der Waals surface area contributed by atoms with E-state index in [-0.39, 0.29) is 5.91 Å². The number of carbonyl (C=O) groups is 1. The standard InChI is InChI=1S/C16H31NO/c1-3-5-7-8-9-10-11-12-13-14-16(18)17-15-6-4-2/h4H,2-3,5-15H2,1H3,(H,17,18). The molecule has 1 amide bonds. The molecule has 0 aliphatic carbocycles. The van der Waals surface area contributed by atoms with Crippen LogP contribution in [0.25, 0.3) is 0 Å². The molecule has 0 fully saturated rings. The molecular formula is C16H31NO. The predicted octanol–water partition coefficient (Wildman–Crippen LogP) is 4.60. The van der Waals surface area contributed by atoms with Gasteiger partial charge >= 0.3 is 0 Å². The Balaban J connectivity index is 3.10. The van der Waals surface area contributed by atoms with Crippen LogP contribution < -0.4 is 5.32 Å². The van der Waals surface area contributed by atoms with Crippen molar-refractivity contribution < 1.29 is 4.79 Å². The van der Waals surface area contributed by atoms with Crippen LogP contribution in [-0.4, -0.2) is 12.5 Å². The summed E-state index contributed by atoms with van der Waals surface area (Å²) in [5, 5.41) is 2.90. The Morgan fingerprint density at radius 3 is 2.11 bits per heavy atom. The zero-order chi connectivity index (χ0) is 13.5. The first-order chi connectivity index (χ1) is 8.81. The summed E-state index contributed by atoms with van der Waals surface area (Å²) in [6, 6.07) is 0. The molecule has 0 saturated carbocycles. The number of carbonyl (C=O) groups excluding carboxylic acids is 1. The van der Waals surface area contributed by atoms with E-state index < -0.39 is 0 Å². The molecule has 0 aliphatic heterocycles. The average Bonchev–Trinajstić information content (AvgIpc) is 2.37. The van der Waals surface area contributed by atoms with E-state index in [4.69, 9.17) is 0 Å². The Morgan fingerprint density at radius 1 is 1.00 bits per heavy atom. The van der Waals surface area contributed by atoms with Gasteiger partial charge in [-0.3, -0.25) is 4.79 Å². The first kappa shape index (κ1) is 17.2. The fourth-order valence-corrected chi connectivity index (χ4v) is 2.00. The minimum absolute atomic E-state index is 0.194. The Hall–Kier alpha value is -0.790. The maximum absolute atomic E-state index is 11.4. The first-order valence-corrected chi connectivity index (χ1v) is 7.68. The van der Waals surface area contributed by atoms with Crippen LogP contribution in [0.4, 0.5) is 0 Å². The lowest BCUT2D eigenvalue weighted by Crippen LogP contribution is -2.23. The van der Waals surface area contributed by atoms with E-state index in [1.807, 2.05) is 6.08 Å². The molecule has 0 rings (SSSR count). The second kappa shape index (κ2) is 14.3. The Morgan fingerprint density at radius 2 is 1.56 bits per heavy atom. The van der Waals surface area contributed by atoms with Crippen molar-refractivity contribution in [2.75, 3.05) is 6.54 Å². The Labute approximate surface area is 113 Å². The van der Waals surface area contributed by atoms with Gasteiger partial charge in [-0.25, -0.2) is 0 Å². The minimum atomic E-state index is 0.194. The van der Waals surface area contributed by atoms with Gasteiger partial charge in [0.05, 0.1) is 0 Å². The highest BCUT2D eigenvalue weighted by molar-refractivity contribution is 5.75. The molecule has 0 atom stereocenters. The molecule has 0 aromatic carbocycles. The number of unbranched alkanes of at least 4 members (excludes halogenated alkanes) is 8. The third kappa shape index (κ3) is 13.3. The van der Waals surface area contributed by atoms with Crippen molar-refractivity contribution in [3.05, 3.63) is 12.7 Å². The van der Waals surface area contributed by atoms with Crippen LogP contribution >= 0.6 is 0 Å². The van der Waals surface area contributed by atoms with Gasteiger partial charge in [0.2, 0.25) is 5.91 Å². The maximum atomic E-state index is 11.4. The van der Waals surface area contributed by atoms with E-state index in [1.165, 1.54) is 51.4 Å². The number of hydrogen-bond acceptors (Lipinski definition) is 1. The highest BCUT2D eigenvalue weighted by Gasteiger charge is 1.99. The lowest BCUT2D eigenvalue weighted by molar-refractivity contribution is -0.121. The summed E-state index contributed by atoms with van der Waals surface area (Å²) >= 11 is 0. The van der Waals surface area contributed by atoms with Crippen LogP contribution in [0, 0.1) is 0 Å². The average molecular weight is 253 g/mol. The third-order valence-electron chi connectivity index (χ3n) is 3.18. The maximum Gasteiger partial charge on any atom is 0.220 e. The lowest BCUT2D eigenvalue weighted by Gasteiger charge is -2.04. The molecule has 18 heavy (non-hydrogen) atoms. The molecule has 0 heterocycles. The number of amides is 1. The van der Waals surface area contributed by atoms with Gasteiger partial charge in [-0.05, 0) is 12.8 Å². The molecule has 0 aromatic heterocycles. The summed E-state index contributed by atoms with van der Waals surface area (Å²) in [4.78, 5) is 11.4. The van der Waals surface area contributed by atoms with Crippen LogP contribution in [0.5, 0.6) is 0 Å². The second-order valence-corrected chi connectivity index (χ2v) is 5.01. The van der Waals surface area contributed by atoms with Crippen LogP contribution in [0.2, 0.25) is 0 Å². The summed E-state index contributed by atoms with van der Waals surface area (Å²) in [6.07, 6.45) is 15.1. The van der Waals surface area contributed by atoms with Gasteiger partial charge in [0.1, 0.15) is 0 Å². The highest BCUT2D eigenvalue weighted by Crippen LogP contribution is 2.10. The van der Waals surface area contributed by atoms with Gasteiger partial charge in [0.15, 0.2) is 0 Å². The zero-order valence-electron chi connectivity index (χ0n) is 12.2. The first-order valence-electron chi connectivity index (χ1n) is 7.68. The highest BCUT2D eigenvalue weighted by atomic mass is 16.1. The normalized spacial score (nSPS) is 10.3. The van der Waals surface area contributed by atoms with Gasteiger partial charge in [0.25, 0.3) is 0 Å². The summed E-state index contributed by atoms with van der Waals surface area (Å²) in [6.45, 7) is 6.61. The van der Waals surface area contributed by atoms with E-state index in [0.29, 0.717) is 6.42 Å².